The lowest BCUT2D eigenvalue weighted by Gasteiger charge is -2.31. The summed E-state index contributed by atoms with van der Waals surface area (Å²) in [5, 5.41) is 11.2. The quantitative estimate of drug-likeness (QED) is 0.183. The molecule has 0 aliphatic heterocycles. The normalized spacial score (nSPS) is 20.2. The van der Waals surface area contributed by atoms with Crippen LogP contribution >= 0.6 is 11.8 Å². The molecular weight excluding hydrogens is 408 g/mol. The number of esters is 1. The van der Waals surface area contributed by atoms with Crippen LogP contribution in [-0.4, -0.2) is 40.6 Å². The van der Waals surface area contributed by atoms with Crippen molar-refractivity contribution in [3.8, 4) is 0 Å². The lowest BCUT2D eigenvalue weighted by molar-refractivity contribution is -0.143. The summed E-state index contributed by atoms with van der Waals surface area (Å²) >= 11 is 1.83. The largest absolute Gasteiger partial charge is 0.466 e. The second kappa shape index (κ2) is 16.1. The van der Waals surface area contributed by atoms with Gasteiger partial charge in [0.25, 0.3) is 0 Å². The summed E-state index contributed by atoms with van der Waals surface area (Å²) < 4.78 is 4.95. The second-order valence-corrected chi connectivity index (χ2v) is 11.2. The summed E-state index contributed by atoms with van der Waals surface area (Å²) in [5.74, 6) is 1.24. The van der Waals surface area contributed by atoms with E-state index in [0.29, 0.717) is 30.5 Å². The molecule has 0 aromatic rings. The van der Waals surface area contributed by atoms with Gasteiger partial charge in [0, 0.05) is 29.8 Å². The third-order valence-electron chi connectivity index (χ3n) is 6.78. The molecule has 4 nitrogen and oxygen atoms in total. The fourth-order valence-corrected chi connectivity index (χ4v) is 6.12. The molecule has 3 unspecified atom stereocenters. The van der Waals surface area contributed by atoms with E-state index >= 15 is 0 Å². The molecule has 0 spiro atoms. The van der Waals surface area contributed by atoms with Crippen molar-refractivity contribution in [2.45, 2.75) is 129 Å². The topological polar surface area (TPSA) is 63.6 Å². The maximum Gasteiger partial charge on any atom is 0.305 e. The summed E-state index contributed by atoms with van der Waals surface area (Å²) in [6.07, 6.45) is 14.1. The Balaban J connectivity index is 2.25. The van der Waals surface area contributed by atoms with E-state index in [2.05, 4.69) is 20.8 Å². The number of unbranched alkanes of at least 4 members (excludes halogenated alkanes) is 7. The molecule has 1 aliphatic rings. The van der Waals surface area contributed by atoms with Gasteiger partial charge in [0.05, 0.1) is 12.7 Å². The van der Waals surface area contributed by atoms with Gasteiger partial charge in [-0.05, 0) is 38.0 Å². The monoisotopic (exact) mass is 456 g/mol. The third-order valence-corrected chi connectivity index (χ3v) is 8.28. The van der Waals surface area contributed by atoms with E-state index < -0.39 is 0 Å². The van der Waals surface area contributed by atoms with E-state index in [4.69, 9.17) is 4.74 Å². The van der Waals surface area contributed by atoms with Crippen molar-refractivity contribution in [3.63, 3.8) is 0 Å². The molecule has 0 saturated heterocycles. The maximum atomic E-state index is 12.4. The van der Waals surface area contributed by atoms with E-state index in [1.165, 1.54) is 25.7 Å². The van der Waals surface area contributed by atoms with Crippen LogP contribution in [0.2, 0.25) is 0 Å². The van der Waals surface area contributed by atoms with Crippen LogP contribution in [0.4, 0.5) is 0 Å². The lowest BCUT2D eigenvalue weighted by Crippen LogP contribution is -2.32. The molecule has 5 heteroatoms. The Morgan fingerprint density at radius 3 is 2.48 bits per heavy atom. The number of aliphatic hydroxyl groups excluding tert-OH is 1. The zero-order valence-corrected chi connectivity index (χ0v) is 21.4. The van der Waals surface area contributed by atoms with Crippen LogP contribution < -0.4 is 0 Å². The Morgan fingerprint density at radius 2 is 1.77 bits per heavy atom. The van der Waals surface area contributed by atoms with Crippen LogP contribution in [0.15, 0.2) is 0 Å². The molecule has 31 heavy (non-hydrogen) atoms. The molecule has 1 saturated carbocycles. The minimum atomic E-state index is -0.310. The first-order valence-corrected chi connectivity index (χ1v) is 13.8. The Morgan fingerprint density at radius 1 is 1.10 bits per heavy atom. The molecule has 1 N–H and O–H groups in total. The van der Waals surface area contributed by atoms with E-state index in [9.17, 15) is 14.7 Å². The number of hydrogen-bond acceptors (Lipinski definition) is 5. The van der Waals surface area contributed by atoms with Crippen LogP contribution in [0.25, 0.3) is 0 Å². The predicted molar refractivity (Wildman–Crippen MR) is 131 cm³/mol. The first-order valence-electron chi connectivity index (χ1n) is 12.8. The molecule has 1 fully saturated rings. The number of hydrogen-bond donors (Lipinski definition) is 1. The van der Waals surface area contributed by atoms with Crippen molar-refractivity contribution in [3.05, 3.63) is 0 Å². The molecule has 3 atom stereocenters. The fourth-order valence-electron chi connectivity index (χ4n) is 4.44. The Hall–Kier alpha value is -0.550. The number of aliphatic hydroxyl groups is 1. The Kier molecular flexibility index (Phi) is 14.8. The van der Waals surface area contributed by atoms with Gasteiger partial charge in [-0.3, -0.25) is 9.59 Å². The van der Waals surface area contributed by atoms with Gasteiger partial charge in [0.15, 0.2) is 0 Å². The second-order valence-electron chi connectivity index (χ2n) is 9.91. The summed E-state index contributed by atoms with van der Waals surface area (Å²) in [7, 11) is 0. The summed E-state index contributed by atoms with van der Waals surface area (Å²) in [4.78, 5) is 23.8. The predicted octanol–water partition coefficient (Wildman–Crippen LogP) is 6.72. The van der Waals surface area contributed by atoms with E-state index in [-0.39, 0.29) is 23.4 Å². The highest BCUT2D eigenvalue weighted by Gasteiger charge is 2.36. The van der Waals surface area contributed by atoms with Gasteiger partial charge >= 0.3 is 5.97 Å². The van der Waals surface area contributed by atoms with Crippen LogP contribution in [0.3, 0.4) is 0 Å². The maximum absolute atomic E-state index is 12.4. The van der Waals surface area contributed by atoms with Gasteiger partial charge < -0.3 is 9.84 Å². The number of ether oxygens (including phenoxy) is 1. The highest BCUT2D eigenvalue weighted by Crippen LogP contribution is 2.38. The standard InChI is InChI=1S/C26H48O4S/c1-5-7-8-14-19-26(3,4)24(28)20-31-23-18-17-22(27)21(23)15-12-10-9-11-13-16-25(29)30-6-2/h21,23-24,28H,5-20H2,1-4H3. The van der Waals surface area contributed by atoms with Crippen molar-refractivity contribution in [2.24, 2.45) is 11.3 Å². The number of thioether (sulfide) groups is 1. The van der Waals surface area contributed by atoms with Crippen molar-refractivity contribution in [1.82, 2.24) is 0 Å². The molecule has 182 valence electrons. The zero-order chi connectivity index (χ0) is 23.1. The molecule has 0 bridgehead atoms. The van der Waals surface area contributed by atoms with Crippen LogP contribution in [-0.2, 0) is 14.3 Å². The highest BCUT2D eigenvalue weighted by molar-refractivity contribution is 8.00. The van der Waals surface area contributed by atoms with Gasteiger partial charge in [-0.25, -0.2) is 0 Å². The molecule has 0 radical (unpaired) electrons. The van der Waals surface area contributed by atoms with Gasteiger partial charge in [-0.2, -0.15) is 11.8 Å². The molecule has 0 heterocycles. The molecule has 1 aliphatic carbocycles. The summed E-state index contributed by atoms with van der Waals surface area (Å²) in [6, 6.07) is 0. The Bertz CT molecular complexity index is 506. The molecule has 0 amide bonds. The third kappa shape index (κ3) is 11.8. The van der Waals surface area contributed by atoms with E-state index in [1.54, 1.807) is 0 Å². The number of carbonyl (C=O) groups excluding carboxylic acids is 2. The van der Waals surface area contributed by atoms with Gasteiger partial charge in [0.1, 0.15) is 5.78 Å². The number of ketones is 1. The van der Waals surface area contributed by atoms with Crippen molar-refractivity contribution in [2.75, 3.05) is 12.4 Å². The Labute approximate surface area is 195 Å². The molecule has 0 aromatic heterocycles. The molecule has 1 rings (SSSR count). The fraction of sp³-hybridized carbons (Fsp3) is 0.923. The average molecular weight is 457 g/mol. The van der Waals surface area contributed by atoms with Crippen LogP contribution in [0.5, 0.6) is 0 Å². The van der Waals surface area contributed by atoms with Crippen molar-refractivity contribution < 1.29 is 19.4 Å². The number of carbonyl (C=O) groups is 2. The first kappa shape index (κ1) is 28.5. The molecular formula is C26H48O4S. The zero-order valence-electron chi connectivity index (χ0n) is 20.6. The number of rotatable bonds is 18. The van der Waals surface area contributed by atoms with E-state index in [0.717, 1.165) is 57.1 Å². The lowest BCUT2D eigenvalue weighted by atomic mass is 9.82. The smallest absolute Gasteiger partial charge is 0.305 e. The highest BCUT2D eigenvalue weighted by atomic mass is 32.2. The van der Waals surface area contributed by atoms with Gasteiger partial charge in [-0.1, -0.05) is 72.1 Å². The SMILES string of the molecule is CCCCCCC(C)(C)C(O)CSC1CCC(=O)C1CCCCCCCC(=O)OCC. The van der Waals surface area contributed by atoms with Crippen molar-refractivity contribution in [1.29, 1.82) is 0 Å². The number of Topliss-reactive ketones (excluding diaryl/α,β-unsaturated/α-hetero) is 1. The minimum Gasteiger partial charge on any atom is -0.466 e. The van der Waals surface area contributed by atoms with E-state index in [1.807, 2.05) is 18.7 Å². The van der Waals surface area contributed by atoms with Crippen molar-refractivity contribution >= 4 is 23.5 Å². The van der Waals surface area contributed by atoms with Gasteiger partial charge in [-0.15, -0.1) is 0 Å². The summed E-state index contributed by atoms with van der Waals surface area (Å²) in [5.41, 5.74) is -0.0532. The molecule has 0 aromatic carbocycles. The minimum absolute atomic E-state index is 0.0532. The average Bonchev–Trinajstić information content (AvgIpc) is 3.08. The van der Waals surface area contributed by atoms with Crippen LogP contribution in [0, 0.1) is 11.3 Å². The first-order chi connectivity index (χ1) is 14.8. The van der Waals surface area contributed by atoms with Gasteiger partial charge in [0.2, 0.25) is 0 Å². The summed E-state index contributed by atoms with van der Waals surface area (Å²) in [6.45, 7) is 8.89. The van der Waals surface area contributed by atoms with Crippen LogP contribution in [0.1, 0.15) is 118 Å².